The van der Waals surface area contributed by atoms with Gasteiger partial charge in [0.15, 0.2) is 0 Å². The fourth-order valence-electron chi connectivity index (χ4n) is 3.23. The number of rotatable bonds is 5. The van der Waals surface area contributed by atoms with Crippen molar-refractivity contribution >= 4 is 33.2 Å². The van der Waals surface area contributed by atoms with Crippen molar-refractivity contribution < 1.29 is 26.4 Å². The van der Waals surface area contributed by atoms with Crippen LogP contribution in [0, 0.1) is 0 Å². The molecule has 6 nitrogen and oxygen atoms in total. The number of carbonyl (C=O) groups excluding carboxylic acids is 1. The fraction of sp³-hybridized carbons (Fsp3) is 0.350. The van der Waals surface area contributed by atoms with Gasteiger partial charge in [0.1, 0.15) is 0 Å². The Morgan fingerprint density at radius 1 is 1.13 bits per heavy atom. The predicted molar refractivity (Wildman–Crippen MR) is 112 cm³/mol. The Morgan fingerprint density at radius 2 is 1.81 bits per heavy atom. The summed E-state index contributed by atoms with van der Waals surface area (Å²) in [6.45, 7) is 1.65. The Hall–Kier alpha value is -2.30. The number of alkyl halides is 3. The smallest absolute Gasteiger partial charge is 0.349 e. The molecule has 0 atom stereocenters. The van der Waals surface area contributed by atoms with Gasteiger partial charge in [0.05, 0.1) is 21.0 Å². The van der Waals surface area contributed by atoms with Gasteiger partial charge in [-0.25, -0.2) is 8.42 Å². The van der Waals surface area contributed by atoms with Crippen LogP contribution in [0.2, 0.25) is 5.02 Å². The maximum absolute atomic E-state index is 12.9. The van der Waals surface area contributed by atoms with Gasteiger partial charge in [-0.15, -0.1) is 0 Å². The highest BCUT2D eigenvalue weighted by Gasteiger charge is 2.31. The lowest BCUT2D eigenvalue weighted by atomic mass is 10.0. The summed E-state index contributed by atoms with van der Waals surface area (Å²) in [4.78, 5) is 14.5. The van der Waals surface area contributed by atoms with Crippen LogP contribution in [0.25, 0.3) is 0 Å². The third kappa shape index (κ3) is 5.90. The maximum Gasteiger partial charge on any atom is 0.416 e. The largest absolute Gasteiger partial charge is 0.416 e. The number of sulfonamides is 1. The SMILES string of the molecule is CN1CCC(NC(=O)c2cc(S(=O)(=O)Nc3cccc(C(F)(F)F)c3)ccc2Cl)CC1. The zero-order valence-electron chi connectivity index (χ0n) is 16.5. The fourth-order valence-corrected chi connectivity index (χ4v) is 4.51. The zero-order valence-corrected chi connectivity index (χ0v) is 18.1. The van der Waals surface area contributed by atoms with Crippen LogP contribution in [0.5, 0.6) is 0 Å². The van der Waals surface area contributed by atoms with E-state index >= 15 is 0 Å². The first-order valence-corrected chi connectivity index (χ1v) is 11.3. The molecular weight excluding hydrogens is 455 g/mol. The molecule has 0 bridgehead atoms. The number of carbonyl (C=O) groups is 1. The van der Waals surface area contributed by atoms with Crippen LogP contribution in [0.15, 0.2) is 47.4 Å². The van der Waals surface area contributed by atoms with Gasteiger partial charge in [0.25, 0.3) is 15.9 Å². The molecule has 0 aliphatic carbocycles. The van der Waals surface area contributed by atoms with E-state index in [0.717, 1.165) is 44.1 Å². The molecule has 1 saturated heterocycles. The Labute approximate surface area is 183 Å². The van der Waals surface area contributed by atoms with Crippen LogP contribution in [0.4, 0.5) is 18.9 Å². The standard InChI is InChI=1S/C20H21ClF3N3O3S/c1-27-9-7-14(8-10-27)25-19(28)17-12-16(5-6-18(17)21)31(29,30)26-15-4-2-3-13(11-15)20(22,23)24/h2-6,11-12,14,26H,7-10H2,1H3,(H,25,28). The summed E-state index contributed by atoms with van der Waals surface area (Å²) in [5, 5.41) is 2.93. The molecule has 2 aromatic rings. The van der Waals surface area contributed by atoms with E-state index in [9.17, 15) is 26.4 Å². The lowest BCUT2D eigenvalue weighted by Gasteiger charge is -2.29. The maximum atomic E-state index is 12.9. The Morgan fingerprint density at radius 3 is 2.45 bits per heavy atom. The number of hydrogen-bond donors (Lipinski definition) is 2. The molecule has 168 valence electrons. The van der Waals surface area contributed by atoms with Gasteiger partial charge in [0, 0.05) is 11.7 Å². The van der Waals surface area contributed by atoms with E-state index in [4.69, 9.17) is 11.6 Å². The van der Waals surface area contributed by atoms with Gasteiger partial charge in [-0.3, -0.25) is 9.52 Å². The van der Waals surface area contributed by atoms with Crippen LogP contribution < -0.4 is 10.0 Å². The summed E-state index contributed by atoms with van der Waals surface area (Å²) < 4.78 is 66.2. The van der Waals surface area contributed by atoms with Gasteiger partial charge in [-0.05, 0) is 69.4 Å². The lowest BCUT2D eigenvalue weighted by molar-refractivity contribution is -0.137. The number of nitrogens with one attached hydrogen (secondary N) is 2. The second kappa shape index (κ2) is 9.05. The minimum atomic E-state index is -4.61. The van der Waals surface area contributed by atoms with E-state index in [1.807, 2.05) is 7.05 Å². The molecule has 0 radical (unpaired) electrons. The van der Waals surface area contributed by atoms with E-state index in [-0.39, 0.29) is 27.2 Å². The van der Waals surface area contributed by atoms with Crippen molar-refractivity contribution in [2.75, 3.05) is 24.9 Å². The van der Waals surface area contributed by atoms with Crippen molar-refractivity contribution in [2.45, 2.75) is 30.0 Å². The first-order chi connectivity index (χ1) is 14.5. The monoisotopic (exact) mass is 475 g/mol. The van der Waals surface area contributed by atoms with E-state index < -0.39 is 27.7 Å². The average molecular weight is 476 g/mol. The topological polar surface area (TPSA) is 78.5 Å². The molecule has 1 heterocycles. The molecule has 1 fully saturated rings. The summed E-state index contributed by atoms with van der Waals surface area (Å²) in [7, 11) is -2.26. The number of anilines is 1. The molecule has 2 N–H and O–H groups in total. The van der Waals surface area contributed by atoms with Crippen molar-refractivity contribution in [1.29, 1.82) is 0 Å². The lowest BCUT2D eigenvalue weighted by Crippen LogP contribution is -2.43. The molecule has 0 spiro atoms. The van der Waals surface area contributed by atoms with Crippen LogP contribution in [-0.2, 0) is 16.2 Å². The van der Waals surface area contributed by atoms with Gasteiger partial charge in [0.2, 0.25) is 0 Å². The molecule has 0 unspecified atom stereocenters. The third-order valence-electron chi connectivity index (χ3n) is 4.99. The zero-order chi connectivity index (χ0) is 22.8. The number of benzene rings is 2. The number of halogens is 4. The van der Waals surface area contributed by atoms with Crippen molar-refractivity contribution in [3.05, 3.63) is 58.6 Å². The van der Waals surface area contributed by atoms with E-state index in [1.54, 1.807) is 0 Å². The highest BCUT2D eigenvalue weighted by molar-refractivity contribution is 7.92. The number of likely N-dealkylation sites (tertiary alicyclic amines) is 1. The number of nitrogens with zero attached hydrogens (tertiary/aromatic N) is 1. The van der Waals surface area contributed by atoms with Crippen molar-refractivity contribution in [2.24, 2.45) is 0 Å². The van der Waals surface area contributed by atoms with Crippen molar-refractivity contribution in [3.63, 3.8) is 0 Å². The molecule has 3 rings (SSSR count). The molecule has 2 aromatic carbocycles. The highest BCUT2D eigenvalue weighted by Crippen LogP contribution is 2.31. The van der Waals surface area contributed by atoms with Gasteiger partial charge < -0.3 is 10.2 Å². The van der Waals surface area contributed by atoms with Gasteiger partial charge >= 0.3 is 6.18 Å². The number of hydrogen-bond acceptors (Lipinski definition) is 4. The predicted octanol–water partition coefficient (Wildman–Crippen LogP) is 3.98. The van der Waals surface area contributed by atoms with E-state index in [1.165, 1.54) is 18.2 Å². The molecule has 0 saturated carbocycles. The summed E-state index contributed by atoms with van der Waals surface area (Å²) in [5.41, 5.74) is -1.25. The van der Waals surface area contributed by atoms with Crippen molar-refractivity contribution in [1.82, 2.24) is 10.2 Å². The van der Waals surface area contributed by atoms with Gasteiger partial charge in [-0.1, -0.05) is 17.7 Å². The highest BCUT2D eigenvalue weighted by atomic mass is 35.5. The van der Waals surface area contributed by atoms with E-state index in [0.29, 0.717) is 6.07 Å². The summed E-state index contributed by atoms with van der Waals surface area (Å²) in [6, 6.07) is 7.36. The minimum absolute atomic E-state index is 0.0208. The second-order valence-corrected chi connectivity index (χ2v) is 9.47. The first-order valence-electron chi connectivity index (χ1n) is 9.45. The molecular formula is C20H21ClF3N3O3S. The minimum Gasteiger partial charge on any atom is -0.349 e. The van der Waals surface area contributed by atoms with Crippen molar-refractivity contribution in [3.8, 4) is 0 Å². The Kier molecular flexibility index (Phi) is 6.82. The third-order valence-corrected chi connectivity index (χ3v) is 6.70. The molecule has 1 aliphatic heterocycles. The average Bonchev–Trinajstić information content (AvgIpc) is 2.69. The van der Waals surface area contributed by atoms with Crippen LogP contribution >= 0.6 is 11.6 Å². The number of piperidine rings is 1. The van der Waals surface area contributed by atoms with Crippen LogP contribution in [-0.4, -0.2) is 45.4 Å². The molecule has 0 aromatic heterocycles. The number of amides is 1. The van der Waals surface area contributed by atoms with Gasteiger partial charge in [-0.2, -0.15) is 13.2 Å². The molecule has 31 heavy (non-hydrogen) atoms. The summed E-state index contributed by atoms with van der Waals surface area (Å²) in [6.07, 6.45) is -3.09. The molecule has 11 heteroatoms. The second-order valence-electron chi connectivity index (χ2n) is 7.38. The van der Waals surface area contributed by atoms with Crippen LogP contribution in [0.3, 0.4) is 0 Å². The summed E-state index contributed by atoms with van der Waals surface area (Å²) >= 11 is 6.10. The quantitative estimate of drug-likeness (QED) is 0.685. The van der Waals surface area contributed by atoms with E-state index in [2.05, 4.69) is 14.9 Å². The Balaban J connectivity index is 1.80. The van der Waals surface area contributed by atoms with Crippen LogP contribution in [0.1, 0.15) is 28.8 Å². The normalized spacial score (nSPS) is 16.2. The Bertz CT molecular complexity index is 1070. The summed E-state index contributed by atoms with van der Waals surface area (Å²) in [5.74, 6) is -0.504. The molecule has 1 aliphatic rings. The molecule has 1 amide bonds. The first kappa shape index (κ1) is 23.4.